The van der Waals surface area contributed by atoms with E-state index >= 15 is 0 Å². The van der Waals surface area contributed by atoms with Gasteiger partial charge in [-0.25, -0.2) is 0 Å². The van der Waals surface area contributed by atoms with Crippen LogP contribution in [-0.4, -0.2) is 4.57 Å². The van der Waals surface area contributed by atoms with Crippen molar-refractivity contribution < 1.29 is 4.74 Å². The third-order valence-electron chi connectivity index (χ3n) is 4.57. The van der Waals surface area contributed by atoms with Crippen LogP contribution in [0.2, 0.25) is 0 Å². The molecule has 0 atom stereocenters. The minimum Gasteiger partial charge on any atom is -0.483 e. The highest BCUT2D eigenvalue weighted by Gasteiger charge is 2.09. The van der Waals surface area contributed by atoms with E-state index in [4.69, 9.17) is 4.74 Å². The van der Waals surface area contributed by atoms with Crippen LogP contribution in [0.3, 0.4) is 0 Å². The van der Waals surface area contributed by atoms with Gasteiger partial charge >= 0.3 is 0 Å². The van der Waals surface area contributed by atoms with Crippen molar-refractivity contribution in [3.63, 3.8) is 0 Å². The zero-order valence-electron chi connectivity index (χ0n) is 15.2. The molecule has 3 heteroatoms. The number of aryl methyl sites for hydroxylation is 2. The number of hydrogen-bond donors (Lipinski definition) is 0. The largest absolute Gasteiger partial charge is 0.483 e. The van der Waals surface area contributed by atoms with E-state index in [0.717, 1.165) is 37.1 Å². The topological polar surface area (TPSA) is 31.2 Å². The summed E-state index contributed by atoms with van der Waals surface area (Å²) in [6.07, 6.45) is 5.14. The van der Waals surface area contributed by atoms with Gasteiger partial charge in [0.15, 0.2) is 5.75 Å². The molecule has 0 bridgehead atoms. The van der Waals surface area contributed by atoms with Gasteiger partial charge in [-0.05, 0) is 37.3 Å². The van der Waals surface area contributed by atoms with E-state index in [1.54, 1.807) is 6.07 Å². The average molecular weight is 347 g/mol. The predicted octanol–water partition coefficient (Wildman–Crippen LogP) is 4.76. The number of rotatable bonds is 8. The first-order valence-electron chi connectivity index (χ1n) is 9.15. The molecule has 3 aromatic rings. The van der Waals surface area contributed by atoms with Gasteiger partial charge < -0.3 is 9.30 Å². The Balaban J connectivity index is 1.58. The van der Waals surface area contributed by atoms with E-state index in [1.165, 1.54) is 5.56 Å². The van der Waals surface area contributed by atoms with Crippen molar-refractivity contribution in [2.24, 2.45) is 0 Å². The number of nitrogens with zero attached hydrogens (tertiary/aromatic N) is 1. The van der Waals surface area contributed by atoms with Gasteiger partial charge in [0.2, 0.25) is 5.43 Å². The summed E-state index contributed by atoms with van der Waals surface area (Å²) in [6.45, 7) is 3.26. The normalized spacial score (nSPS) is 10.7. The lowest BCUT2D eigenvalue weighted by molar-refractivity contribution is 0.296. The Bertz CT molecular complexity index is 870. The molecule has 3 nitrogen and oxygen atoms in total. The van der Waals surface area contributed by atoms with Crippen LogP contribution >= 0.6 is 0 Å². The fourth-order valence-electron chi connectivity index (χ4n) is 3.06. The number of ether oxygens (including phenoxy) is 1. The van der Waals surface area contributed by atoms with E-state index in [9.17, 15) is 4.79 Å². The maximum Gasteiger partial charge on any atom is 0.223 e. The lowest BCUT2D eigenvalue weighted by Crippen LogP contribution is -2.15. The van der Waals surface area contributed by atoms with Crippen molar-refractivity contribution >= 4 is 0 Å². The predicted molar refractivity (Wildman–Crippen MR) is 106 cm³/mol. The van der Waals surface area contributed by atoms with Crippen LogP contribution in [0, 0.1) is 6.92 Å². The summed E-state index contributed by atoms with van der Waals surface area (Å²) in [5.41, 5.74) is 3.27. The van der Waals surface area contributed by atoms with Gasteiger partial charge in [0.25, 0.3) is 0 Å². The molecule has 0 amide bonds. The smallest absolute Gasteiger partial charge is 0.223 e. The molecule has 0 saturated carbocycles. The molecular weight excluding hydrogens is 322 g/mol. The maximum absolute atomic E-state index is 12.2. The van der Waals surface area contributed by atoms with Crippen LogP contribution in [0.5, 0.6) is 5.75 Å². The molecule has 0 spiro atoms. The molecule has 1 heterocycles. The van der Waals surface area contributed by atoms with E-state index in [0.29, 0.717) is 12.4 Å². The van der Waals surface area contributed by atoms with Crippen LogP contribution in [0.4, 0.5) is 0 Å². The lowest BCUT2D eigenvalue weighted by Gasteiger charge is -2.15. The minimum absolute atomic E-state index is 0.0565. The van der Waals surface area contributed by atoms with Crippen LogP contribution < -0.4 is 10.2 Å². The molecule has 2 aromatic carbocycles. The Labute approximate surface area is 154 Å². The second-order valence-corrected chi connectivity index (χ2v) is 6.50. The number of hydrogen-bond acceptors (Lipinski definition) is 2. The zero-order chi connectivity index (χ0) is 18.2. The van der Waals surface area contributed by atoms with Crippen molar-refractivity contribution in [3.8, 4) is 5.75 Å². The molecule has 1 aromatic heterocycles. The Hall–Kier alpha value is -2.81. The van der Waals surface area contributed by atoms with Gasteiger partial charge in [0, 0.05) is 18.8 Å². The van der Waals surface area contributed by atoms with E-state index in [2.05, 4.69) is 28.8 Å². The molecule has 26 heavy (non-hydrogen) atoms. The summed E-state index contributed by atoms with van der Waals surface area (Å²) in [5, 5.41) is 0. The third-order valence-corrected chi connectivity index (χ3v) is 4.57. The second kappa shape index (κ2) is 9.04. The number of benzene rings is 2. The van der Waals surface area contributed by atoms with Crippen LogP contribution in [-0.2, 0) is 19.6 Å². The highest BCUT2D eigenvalue weighted by Crippen LogP contribution is 2.15. The molecular formula is C23H25NO2. The number of unbranched alkanes of at least 4 members (excludes halogenated alkanes) is 1. The van der Waals surface area contributed by atoms with Crippen molar-refractivity contribution in [2.75, 3.05) is 0 Å². The molecule has 0 unspecified atom stereocenters. The summed E-state index contributed by atoms with van der Waals surface area (Å²) >= 11 is 0. The van der Waals surface area contributed by atoms with Crippen LogP contribution in [0.25, 0.3) is 0 Å². The zero-order valence-corrected chi connectivity index (χ0v) is 15.2. The number of aromatic nitrogens is 1. The summed E-state index contributed by atoms with van der Waals surface area (Å²) in [5.74, 6) is 0.458. The fraction of sp³-hybridized carbons (Fsp3) is 0.261. The standard InChI is InChI=1S/C23H25NO2/c1-19-23(26-18-21-13-6-3-7-14-21)22(25)15-17-24(19)16-9-8-12-20-10-4-2-5-11-20/h2-7,10-11,13-15,17H,8-9,12,16,18H2,1H3. The van der Waals surface area contributed by atoms with Crippen LogP contribution in [0.1, 0.15) is 29.7 Å². The SMILES string of the molecule is Cc1c(OCc2ccccc2)c(=O)ccn1CCCCc1ccccc1. The average Bonchev–Trinajstić information content (AvgIpc) is 2.68. The van der Waals surface area contributed by atoms with Crippen LogP contribution in [0.15, 0.2) is 77.7 Å². The van der Waals surface area contributed by atoms with Crippen molar-refractivity contribution in [1.29, 1.82) is 0 Å². The molecule has 0 aliphatic heterocycles. The first kappa shape index (κ1) is 18.0. The third kappa shape index (κ3) is 4.85. The van der Waals surface area contributed by atoms with Gasteiger partial charge in [-0.2, -0.15) is 0 Å². The highest BCUT2D eigenvalue weighted by atomic mass is 16.5. The number of pyridine rings is 1. The molecule has 3 rings (SSSR count). The summed E-state index contributed by atoms with van der Waals surface area (Å²) < 4.78 is 7.95. The molecule has 0 N–H and O–H groups in total. The first-order valence-corrected chi connectivity index (χ1v) is 9.15. The molecule has 0 fully saturated rings. The van der Waals surface area contributed by atoms with Crippen molar-refractivity contribution in [2.45, 2.75) is 39.3 Å². The molecule has 0 aliphatic carbocycles. The van der Waals surface area contributed by atoms with Gasteiger partial charge in [-0.3, -0.25) is 4.79 Å². The summed E-state index contributed by atoms with van der Waals surface area (Å²) in [4.78, 5) is 12.2. The Kier molecular flexibility index (Phi) is 6.26. The van der Waals surface area contributed by atoms with E-state index in [1.807, 2.05) is 49.5 Å². The van der Waals surface area contributed by atoms with Crippen molar-refractivity contribution in [1.82, 2.24) is 4.57 Å². The quantitative estimate of drug-likeness (QED) is 0.550. The van der Waals surface area contributed by atoms with E-state index in [-0.39, 0.29) is 5.43 Å². The molecule has 0 saturated heterocycles. The fourth-order valence-corrected chi connectivity index (χ4v) is 3.06. The Morgan fingerprint density at radius 3 is 2.19 bits per heavy atom. The van der Waals surface area contributed by atoms with Gasteiger partial charge in [-0.15, -0.1) is 0 Å². The highest BCUT2D eigenvalue weighted by molar-refractivity contribution is 5.28. The maximum atomic E-state index is 12.2. The molecule has 0 aliphatic rings. The molecule has 134 valence electrons. The Morgan fingerprint density at radius 2 is 1.50 bits per heavy atom. The monoisotopic (exact) mass is 347 g/mol. The Morgan fingerprint density at radius 1 is 0.846 bits per heavy atom. The minimum atomic E-state index is -0.0565. The summed E-state index contributed by atoms with van der Waals surface area (Å²) in [6, 6.07) is 22.1. The van der Waals surface area contributed by atoms with Gasteiger partial charge in [0.1, 0.15) is 6.61 Å². The van der Waals surface area contributed by atoms with Gasteiger partial charge in [0.05, 0.1) is 5.69 Å². The van der Waals surface area contributed by atoms with Gasteiger partial charge in [-0.1, -0.05) is 60.7 Å². The summed E-state index contributed by atoms with van der Waals surface area (Å²) in [7, 11) is 0. The molecule has 0 radical (unpaired) electrons. The van der Waals surface area contributed by atoms with E-state index < -0.39 is 0 Å². The second-order valence-electron chi connectivity index (χ2n) is 6.50. The lowest BCUT2D eigenvalue weighted by atomic mass is 10.1. The van der Waals surface area contributed by atoms with Crippen molar-refractivity contribution in [3.05, 3.63) is 100.0 Å². The first-order chi connectivity index (χ1) is 12.7.